The highest BCUT2D eigenvalue weighted by molar-refractivity contribution is 7.22. The molecule has 0 saturated heterocycles. The normalized spacial score (nSPS) is 14.5. The molecule has 0 spiro atoms. The number of carbonyl (C=O) groups excluding carboxylic acids is 2. The van der Waals surface area contributed by atoms with Crippen molar-refractivity contribution in [2.24, 2.45) is 5.41 Å². The molecule has 36 heavy (non-hydrogen) atoms. The van der Waals surface area contributed by atoms with Crippen LogP contribution in [0.1, 0.15) is 24.0 Å². The molecule has 9 heteroatoms. The largest absolute Gasteiger partial charge is 0.550 e. The topological polar surface area (TPSA) is 91.8 Å². The van der Waals surface area contributed by atoms with Crippen molar-refractivity contribution in [1.82, 2.24) is 4.98 Å². The third-order valence-electron chi connectivity index (χ3n) is 6.60. The van der Waals surface area contributed by atoms with E-state index < -0.39 is 11.4 Å². The average molecular weight is 512 g/mol. The molecule has 1 aliphatic carbocycles. The molecule has 0 unspecified atom stereocenters. The van der Waals surface area contributed by atoms with Crippen molar-refractivity contribution in [2.75, 3.05) is 53.4 Å². The summed E-state index contributed by atoms with van der Waals surface area (Å²) in [6.07, 6.45) is 1.29. The summed E-state index contributed by atoms with van der Waals surface area (Å²) in [6, 6.07) is 11.4. The monoisotopic (exact) mass is 511 g/mol. The third-order valence-corrected chi connectivity index (χ3v) is 7.69. The summed E-state index contributed by atoms with van der Waals surface area (Å²) in [5, 5.41) is 12.2. The van der Waals surface area contributed by atoms with Crippen molar-refractivity contribution >= 4 is 38.6 Å². The Bertz CT molecular complexity index is 1260. The Morgan fingerprint density at radius 3 is 2.39 bits per heavy atom. The van der Waals surface area contributed by atoms with Gasteiger partial charge in [0.05, 0.1) is 57.0 Å². The SMILES string of the molecule is COc1cc2sc(N(C)C(=O)C3(CC(=O)[O-])Cc4ccccc4C3)nc2cc1OCCC[N+](C)(C)C. The molecular weight excluding hydrogens is 478 g/mol. The lowest BCUT2D eigenvalue weighted by atomic mass is 9.80. The Labute approximate surface area is 215 Å². The van der Waals surface area contributed by atoms with E-state index in [1.807, 2.05) is 36.4 Å². The minimum absolute atomic E-state index is 0.273. The minimum atomic E-state index is -1.23. The number of rotatable bonds is 10. The molecule has 1 heterocycles. The maximum atomic E-state index is 13.7. The van der Waals surface area contributed by atoms with Gasteiger partial charge in [0.25, 0.3) is 0 Å². The van der Waals surface area contributed by atoms with Gasteiger partial charge in [0.15, 0.2) is 16.6 Å². The van der Waals surface area contributed by atoms with E-state index in [9.17, 15) is 14.7 Å². The first-order valence-corrected chi connectivity index (χ1v) is 12.8. The number of aromatic nitrogens is 1. The van der Waals surface area contributed by atoms with Gasteiger partial charge in [0.1, 0.15) is 0 Å². The highest BCUT2D eigenvalue weighted by Crippen LogP contribution is 2.43. The number of hydrogen-bond acceptors (Lipinski definition) is 7. The van der Waals surface area contributed by atoms with Crippen LogP contribution in [-0.4, -0.2) is 69.8 Å². The Morgan fingerprint density at radius 2 is 1.81 bits per heavy atom. The van der Waals surface area contributed by atoms with Crippen LogP contribution in [0.2, 0.25) is 0 Å². The van der Waals surface area contributed by atoms with Gasteiger partial charge in [-0.15, -0.1) is 0 Å². The molecule has 3 aromatic rings. The van der Waals surface area contributed by atoms with E-state index in [0.717, 1.165) is 33.3 Å². The van der Waals surface area contributed by atoms with Crippen molar-refractivity contribution < 1.29 is 28.7 Å². The van der Waals surface area contributed by atoms with Gasteiger partial charge in [-0.2, -0.15) is 0 Å². The van der Waals surface area contributed by atoms with Crippen molar-refractivity contribution in [3.63, 3.8) is 0 Å². The first-order valence-electron chi connectivity index (χ1n) is 12.0. The average Bonchev–Trinajstić information content (AvgIpc) is 3.40. The number of carboxylic acid groups (broad SMARTS) is 1. The number of carbonyl (C=O) groups is 2. The summed E-state index contributed by atoms with van der Waals surface area (Å²) in [5.74, 6) is -0.287. The van der Waals surface area contributed by atoms with Gasteiger partial charge in [0, 0.05) is 38.0 Å². The molecule has 192 valence electrons. The number of carboxylic acids is 1. The van der Waals surface area contributed by atoms with Gasteiger partial charge in [-0.25, -0.2) is 4.98 Å². The number of aliphatic carboxylic acids is 1. The molecule has 0 radical (unpaired) electrons. The van der Waals surface area contributed by atoms with Crippen LogP contribution in [0, 0.1) is 5.41 Å². The number of benzene rings is 2. The third kappa shape index (κ3) is 5.47. The maximum absolute atomic E-state index is 13.7. The lowest BCUT2D eigenvalue weighted by Crippen LogP contribution is -2.46. The Kier molecular flexibility index (Phi) is 7.24. The predicted octanol–water partition coefficient (Wildman–Crippen LogP) is 2.67. The molecule has 2 aromatic carbocycles. The first kappa shape index (κ1) is 25.9. The predicted molar refractivity (Wildman–Crippen MR) is 139 cm³/mol. The van der Waals surface area contributed by atoms with Crippen LogP contribution < -0.4 is 19.5 Å². The van der Waals surface area contributed by atoms with E-state index in [1.54, 1.807) is 14.2 Å². The van der Waals surface area contributed by atoms with Crippen LogP contribution in [0.4, 0.5) is 5.13 Å². The van der Waals surface area contributed by atoms with E-state index >= 15 is 0 Å². The van der Waals surface area contributed by atoms with Crippen molar-refractivity contribution in [2.45, 2.75) is 25.7 Å². The molecule has 0 saturated carbocycles. The molecule has 0 aliphatic heterocycles. The summed E-state index contributed by atoms with van der Waals surface area (Å²) in [5.41, 5.74) is 1.61. The van der Waals surface area contributed by atoms with Crippen LogP contribution >= 0.6 is 11.3 Å². The summed E-state index contributed by atoms with van der Waals surface area (Å²) < 4.78 is 13.3. The van der Waals surface area contributed by atoms with Crippen molar-refractivity contribution in [3.05, 3.63) is 47.5 Å². The second-order valence-electron chi connectivity index (χ2n) is 10.5. The number of quaternary nitrogens is 1. The van der Waals surface area contributed by atoms with E-state index in [0.29, 0.717) is 41.6 Å². The fourth-order valence-electron chi connectivity index (χ4n) is 4.83. The number of anilines is 1. The Morgan fingerprint density at radius 1 is 1.14 bits per heavy atom. The van der Waals surface area contributed by atoms with Gasteiger partial charge >= 0.3 is 0 Å². The zero-order valence-corrected chi connectivity index (χ0v) is 22.3. The molecule has 1 aromatic heterocycles. The highest BCUT2D eigenvalue weighted by Gasteiger charge is 2.46. The minimum Gasteiger partial charge on any atom is -0.550 e. The standard InChI is InChI=1S/C27H33N3O5S/c1-29(25(33)27(17-24(31)32)15-18-9-6-7-10-19(18)16-27)26-28-20-13-22(21(34-5)14-23(20)36-26)35-12-8-11-30(2,3)4/h6-7,9-10,13-14H,8,11-12,15-17H2,1-5H3. The number of ether oxygens (including phenoxy) is 2. The van der Waals surface area contributed by atoms with Crippen LogP contribution in [0.3, 0.4) is 0 Å². The molecule has 0 N–H and O–H groups in total. The number of amides is 1. The van der Waals surface area contributed by atoms with E-state index in [-0.39, 0.29) is 12.3 Å². The van der Waals surface area contributed by atoms with Crippen LogP contribution in [0.5, 0.6) is 11.5 Å². The van der Waals surface area contributed by atoms with Gasteiger partial charge in [-0.05, 0) is 24.0 Å². The van der Waals surface area contributed by atoms with Gasteiger partial charge < -0.3 is 23.9 Å². The van der Waals surface area contributed by atoms with E-state index in [1.165, 1.54) is 16.2 Å². The lowest BCUT2D eigenvalue weighted by Gasteiger charge is -2.31. The molecule has 0 atom stereocenters. The summed E-state index contributed by atoms with van der Waals surface area (Å²) in [4.78, 5) is 31.6. The van der Waals surface area contributed by atoms with Gasteiger partial charge in [0.2, 0.25) is 5.91 Å². The number of hydrogen-bond donors (Lipinski definition) is 0. The van der Waals surface area contributed by atoms with E-state index in [2.05, 4.69) is 26.1 Å². The van der Waals surface area contributed by atoms with Gasteiger partial charge in [-0.1, -0.05) is 35.6 Å². The Balaban J connectivity index is 1.57. The second kappa shape index (κ2) is 10.1. The second-order valence-corrected chi connectivity index (χ2v) is 11.5. The number of methoxy groups -OCH3 is 1. The molecule has 0 fully saturated rings. The summed E-state index contributed by atoms with van der Waals surface area (Å²) >= 11 is 1.36. The smallest absolute Gasteiger partial charge is 0.235 e. The molecule has 8 nitrogen and oxygen atoms in total. The lowest BCUT2D eigenvalue weighted by molar-refractivity contribution is -0.870. The van der Waals surface area contributed by atoms with Crippen LogP contribution in [0.25, 0.3) is 10.2 Å². The van der Waals surface area contributed by atoms with Crippen molar-refractivity contribution in [3.8, 4) is 11.5 Å². The van der Waals surface area contributed by atoms with Crippen LogP contribution in [0.15, 0.2) is 36.4 Å². The summed E-state index contributed by atoms with van der Waals surface area (Å²) in [6.45, 7) is 1.54. The molecular formula is C27H33N3O5S. The fraction of sp³-hybridized carbons (Fsp3) is 0.444. The maximum Gasteiger partial charge on any atom is 0.235 e. The van der Waals surface area contributed by atoms with Crippen molar-refractivity contribution in [1.29, 1.82) is 0 Å². The zero-order valence-electron chi connectivity index (χ0n) is 21.5. The summed E-state index contributed by atoms with van der Waals surface area (Å²) in [7, 11) is 9.67. The molecule has 0 bridgehead atoms. The molecule has 1 amide bonds. The number of nitrogens with zero attached hydrogens (tertiary/aromatic N) is 3. The van der Waals surface area contributed by atoms with E-state index in [4.69, 9.17) is 9.47 Å². The van der Waals surface area contributed by atoms with Gasteiger partial charge in [-0.3, -0.25) is 9.69 Å². The first-order chi connectivity index (χ1) is 17.0. The zero-order chi connectivity index (χ0) is 26.1. The number of thiazole rings is 1. The fourth-order valence-corrected chi connectivity index (χ4v) is 5.76. The molecule has 1 aliphatic rings. The van der Waals surface area contributed by atoms with Crippen LogP contribution in [-0.2, 0) is 22.4 Å². The highest BCUT2D eigenvalue weighted by atomic mass is 32.1. The quantitative estimate of drug-likeness (QED) is 0.307. The Hall–Kier alpha value is -3.17. The molecule has 4 rings (SSSR count). The number of fused-ring (bicyclic) bond motifs is 2.